The van der Waals surface area contributed by atoms with E-state index in [1.807, 2.05) is 37.3 Å². The summed E-state index contributed by atoms with van der Waals surface area (Å²) >= 11 is 0. The maximum atomic E-state index is 12.7. The second-order valence-corrected chi connectivity index (χ2v) is 7.08. The zero-order valence-electron chi connectivity index (χ0n) is 17.9. The third-order valence-corrected chi connectivity index (χ3v) is 4.64. The standard InChI is InChI=1S/C23H30N2O6/c1-3-7-18(23(27)25-28)14-19(15-30-16-29-2)24-22(26)17-10-12-21(13-11-17)31-20-8-5-4-6-9-20/h4-6,8-13,18-19,28H,3,7,14-16H2,1-2H3,(H,24,26)(H,25,27)/t18-,19-/m0/s1. The van der Waals surface area contributed by atoms with Gasteiger partial charge < -0.3 is 19.5 Å². The predicted molar refractivity (Wildman–Crippen MR) is 115 cm³/mol. The second kappa shape index (κ2) is 13.4. The van der Waals surface area contributed by atoms with E-state index in [2.05, 4.69) is 5.32 Å². The van der Waals surface area contributed by atoms with Crippen LogP contribution in [-0.2, 0) is 14.3 Å². The van der Waals surface area contributed by atoms with Gasteiger partial charge in [-0.2, -0.15) is 0 Å². The van der Waals surface area contributed by atoms with Gasteiger partial charge in [0.05, 0.1) is 12.6 Å². The Hall–Kier alpha value is -2.94. The van der Waals surface area contributed by atoms with Crippen molar-refractivity contribution < 1.29 is 29.0 Å². The van der Waals surface area contributed by atoms with Gasteiger partial charge in [0.15, 0.2) is 0 Å². The molecular weight excluding hydrogens is 400 g/mol. The van der Waals surface area contributed by atoms with E-state index in [-0.39, 0.29) is 19.3 Å². The van der Waals surface area contributed by atoms with Crippen LogP contribution in [0.3, 0.4) is 0 Å². The normalized spacial score (nSPS) is 12.6. The molecule has 0 aliphatic carbocycles. The molecular formula is C23H30N2O6. The SMILES string of the molecule is CCC[C@@H](C[C@@H](COCOC)NC(=O)c1ccc(Oc2ccccc2)cc1)C(=O)NO. The lowest BCUT2D eigenvalue weighted by atomic mass is 9.94. The lowest BCUT2D eigenvalue weighted by Gasteiger charge is -2.23. The average molecular weight is 431 g/mol. The minimum atomic E-state index is -0.477. The molecule has 0 spiro atoms. The largest absolute Gasteiger partial charge is 0.457 e. The molecule has 0 saturated heterocycles. The van der Waals surface area contributed by atoms with Crippen molar-refractivity contribution >= 4 is 11.8 Å². The summed E-state index contributed by atoms with van der Waals surface area (Å²) < 4.78 is 16.0. The van der Waals surface area contributed by atoms with Crippen LogP contribution in [0.15, 0.2) is 54.6 Å². The summed E-state index contributed by atoms with van der Waals surface area (Å²) in [6, 6.07) is 15.7. The maximum absolute atomic E-state index is 12.7. The fraction of sp³-hybridized carbons (Fsp3) is 0.391. The van der Waals surface area contributed by atoms with Gasteiger partial charge in [-0.25, -0.2) is 5.48 Å². The maximum Gasteiger partial charge on any atom is 0.251 e. The zero-order valence-corrected chi connectivity index (χ0v) is 17.9. The van der Waals surface area contributed by atoms with E-state index in [0.29, 0.717) is 29.9 Å². The summed E-state index contributed by atoms with van der Waals surface area (Å²) in [6.07, 6.45) is 1.67. The molecule has 3 N–H and O–H groups in total. The third-order valence-electron chi connectivity index (χ3n) is 4.64. The predicted octanol–water partition coefficient (Wildman–Crippen LogP) is 3.51. The second-order valence-electron chi connectivity index (χ2n) is 7.08. The minimum absolute atomic E-state index is 0.0720. The first-order valence-corrected chi connectivity index (χ1v) is 10.2. The van der Waals surface area contributed by atoms with Crippen molar-refractivity contribution in [2.75, 3.05) is 20.5 Å². The monoisotopic (exact) mass is 430 g/mol. The van der Waals surface area contributed by atoms with Crippen LogP contribution >= 0.6 is 0 Å². The lowest BCUT2D eigenvalue weighted by molar-refractivity contribution is -0.134. The molecule has 2 atom stereocenters. The molecule has 0 aliphatic heterocycles. The van der Waals surface area contributed by atoms with Crippen LogP contribution in [-0.4, -0.2) is 43.6 Å². The number of hydroxylamine groups is 1. The Morgan fingerprint density at radius 1 is 1.03 bits per heavy atom. The van der Waals surface area contributed by atoms with Crippen molar-refractivity contribution in [2.24, 2.45) is 5.92 Å². The van der Waals surface area contributed by atoms with Gasteiger partial charge in [0.1, 0.15) is 18.3 Å². The summed E-state index contributed by atoms with van der Waals surface area (Å²) in [5.41, 5.74) is 2.16. The number of amides is 2. The molecule has 8 heteroatoms. The van der Waals surface area contributed by atoms with Crippen LogP contribution in [0.25, 0.3) is 0 Å². The number of carbonyl (C=O) groups excluding carboxylic acids is 2. The number of benzene rings is 2. The Morgan fingerprint density at radius 3 is 2.32 bits per heavy atom. The van der Waals surface area contributed by atoms with Gasteiger partial charge in [-0.1, -0.05) is 31.5 Å². The molecule has 8 nitrogen and oxygen atoms in total. The fourth-order valence-electron chi connectivity index (χ4n) is 3.15. The molecule has 0 aliphatic rings. The van der Waals surface area contributed by atoms with Crippen LogP contribution in [0.1, 0.15) is 36.5 Å². The summed E-state index contributed by atoms with van der Waals surface area (Å²) in [4.78, 5) is 24.7. The van der Waals surface area contributed by atoms with Crippen molar-refractivity contribution in [1.29, 1.82) is 0 Å². The molecule has 2 rings (SSSR count). The van der Waals surface area contributed by atoms with Gasteiger partial charge in [-0.3, -0.25) is 14.8 Å². The van der Waals surface area contributed by atoms with Crippen LogP contribution in [0.4, 0.5) is 0 Å². The smallest absolute Gasteiger partial charge is 0.251 e. The Morgan fingerprint density at radius 2 is 1.71 bits per heavy atom. The van der Waals surface area contributed by atoms with E-state index in [1.54, 1.807) is 29.7 Å². The van der Waals surface area contributed by atoms with E-state index in [1.165, 1.54) is 7.11 Å². The molecule has 0 bridgehead atoms. The Bertz CT molecular complexity index is 797. The molecule has 2 aromatic carbocycles. The highest BCUT2D eigenvalue weighted by Gasteiger charge is 2.24. The molecule has 0 heterocycles. The van der Waals surface area contributed by atoms with Crippen LogP contribution in [0.2, 0.25) is 0 Å². The van der Waals surface area contributed by atoms with E-state index >= 15 is 0 Å². The fourth-order valence-corrected chi connectivity index (χ4v) is 3.15. The van der Waals surface area contributed by atoms with Crippen LogP contribution < -0.4 is 15.5 Å². The van der Waals surface area contributed by atoms with Gasteiger partial charge in [-0.15, -0.1) is 0 Å². The number of hydrogen-bond donors (Lipinski definition) is 3. The first-order valence-electron chi connectivity index (χ1n) is 10.2. The third kappa shape index (κ3) is 8.37. The van der Waals surface area contributed by atoms with Crippen molar-refractivity contribution in [3.63, 3.8) is 0 Å². The van der Waals surface area contributed by atoms with Gasteiger partial charge in [0, 0.05) is 18.6 Å². The first kappa shape index (κ1) is 24.3. The molecule has 168 valence electrons. The summed E-state index contributed by atoms with van der Waals surface area (Å²) in [6.45, 7) is 2.20. The topological polar surface area (TPSA) is 106 Å². The summed E-state index contributed by atoms with van der Waals surface area (Å²) in [7, 11) is 1.51. The minimum Gasteiger partial charge on any atom is -0.457 e. The Kier molecular flexibility index (Phi) is 10.5. The van der Waals surface area contributed by atoms with Crippen LogP contribution in [0, 0.1) is 5.92 Å². The number of hydrogen-bond acceptors (Lipinski definition) is 6. The average Bonchev–Trinajstić information content (AvgIpc) is 2.79. The molecule has 0 unspecified atom stereocenters. The van der Waals surface area contributed by atoms with E-state index in [4.69, 9.17) is 19.4 Å². The molecule has 0 aromatic heterocycles. The van der Waals surface area contributed by atoms with Crippen molar-refractivity contribution in [3.8, 4) is 11.5 Å². The Balaban J connectivity index is 2.02. The van der Waals surface area contributed by atoms with Crippen molar-refractivity contribution in [2.45, 2.75) is 32.2 Å². The molecule has 31 heavy (non-hydrogen) atoms. The highest BCUT2D eigenvalue weighted by molar-refractivity contribution is 5.94. The van der Waals surface area contributed by atoms with E-state index in [0.717, 1.165) is 6.42 Å². The number of carbonyl (C=O) groups is 2. The highest BCUT2D eigenvalue weighted by Crippen LogP contribution is 2.21. The Labute approximate surface area is 182 Å². The number of nitrogens with one attached hydrogen (secondary N) is 2. The number of rotatable bonds is 13. The van der Waals surface area contributed by atoms with Crippen molar-refractivity contribution in [3.05, 3.63) is 60.2 Å². The molecule has 2 amide bonds. The van der Waals surface area contributed by atoms with E-state index in [9.17, 15) is 9.59 Å². The molecule has 0 radical (unpaired) electrons. The van der Waals surface area contributed by atoms with Gasteiger partial charge in [-0.05, 0) is 49.2 Å². The number of para-hydroxylation sites is 1. The lowest BCUT2D eigenvalue weighted by Crippen LogP contribution is -2.42. The zero-order chi connectivity index (χ0) is 22.5. The quantitative estimate of drug-likeness (QED) is 0.194. The van der Waals surface area contributed by atoms with E-state index < -0.39 is 17.9 Å². The van der Waals surface area contributed by atoms with Gasteiger partial charge in [0.2, 0.25) is 5.91 Å². The highest BCUT2D eigenvalue weighted by atomic mass is 16.7. The summed E-state index contributed by atoms with van der Waals surface area (Å²) in [5, 5.41) is 11.9. The van der Waals surface area contributed by atoms with Crippen molar-refractivity contribution in [1.82, 2.24) is 10.8 Å². The number of methoxy groups -OCH3 is 1. The number of ether oxygens (including phenoxy) is 3. The molecule has 2 aromatic rings. The molecule has 0 saturated carbocycles. The van der Waals surface area contributed by atoms with Gasteiger partial charge in [0.25, 0.3) is 5.91 Å². The first-order chi connectivity index (χ1) is 15.1. The summed E-state index contributed by atoms with van der Waals surface area (Å²) in [5.74, 6) is 0.102. The molecule has 0 fully saturated rings. The van der Waals surface area contributed by atoms with Crippen LogP contribution in [0.5, 0.6) is 11.5 Å². The van der Waals surface area contributed by atoms with Gasteiger partial charge >= 0.3 is 0 Å².